The van der Waals surface area contributed by atoms with Crippen molar-refractivity contribution in [1.29, 1.82) is 0 Å². The lowest BCUT2D eigenvalue weighted by atomic mass is 10.2. The fourth-order valence-corrected chi connectivity index (χ4v) is 1.77. The van der Waals surface area contributed by atoms with Crippen molar-refractivity contribution in [2.75, 3.05) is 26.7 Å². The van der Waals surface area contributed by atoms with Gasteiger partial charge < -0.3 is 15.4 Å². The van der Waals surface area contributed by atoms with Crippen LogP contribution in [0.3, 0.4) is 0 Å². The van der Waals surface area contributed by atoms with E-state index in [0.29, 0.717) is 6.42 Å². The molecule has 0 rings (SSSR count). The third-order valence-electron chi connectivity index (χ3n) is 2.95. The van der Waals surface area contributed by atoms with Crippen molar-refractivity contribution in [1.82, 2.24) is 10.6 Å². The standard InChI is InChI=1S/C15H31N3O2.HI/c1-4-6-9-12-17-15(16-5-2)18-13-10-7-8-11-14(19)20-3;/h4-13H2,1-3H3,(H2,16,17,18);1H. The number of carbonyl (C=O) groups is 1. The average molecular weight is 413 g/mol. The molecule has 0 saturated carbocycles. The number of carbonyl (C=O) groups excluding carboxylic acids is 1. The van der Waals surface area contributed by atoms with Crippen molar-refractivity contribution in [2.24, 2.45) is 4.99 Å². The molecule has 0 atom stereocenters. The van der Waals surface area contributed by atoms with Crippen LogP contribution in [-0.4, -0.2) is 38.7 Å². The van der Waals surface area contributed by atoms with Crippen LogP contribution in [0.15, 0.2) is 4.99 Å². The van der Waals surface area contributed by atoms with Crippen LogP contribution in [0.25, 0.3) is 0 Å². The van der Waals surface area contributed by atoms with Crippen molar-refractivity contribution in [3.05, 3.63) is 0 Å². The summed E-state index contributed by atoms with van der Waals surface area (Å²) in [5, 5.41) is 6.56. The summed E-state index contributed by atoms with van der Waals surface area (Å²) in [4.78, 5) is 15.5. The zero-order chi connectivity index (χ0) is 15.1. The predicted octanol–water partition coefficient (Wildman–Crippen LogP) is 3.08. The van der Waals surface area contributed by atoms with E-state index in [1.807, 2.05) is 0 Å². The Morgan fingerprint density at radius 2 is 1.81 bits per heavy atom. The van der Waals surface area contributed by atoms with E-state index >= 15 is 0 Å². The van der Waals surface area contributed by atoms with Crippen LogP contribution in [0.4, 0.5) is 0 Å². The third kappa shape index (κ3) is 15.7. The summed E-state index contributed by atoms with van der Waals surface area (Å²) >= 11 is 0. The first kappa shape index (κ1) is 22.7. The first-order chi connectivity index (χ1) is 9.74. The number of unbranched alkanes of at least 4 members (excludes halogenated alkanes) is 4. The molecule has 126 valence electrons. The van der Waals surface area contributed by atoms with Crippen LogP contribution in [0.1, 0.15) is 58.8 Å². The molecule has 0 saturated heterocycles. The van der Waals surface area contributed by atoms with Crippen LogP contribution >= 0.6 is 24.0 Å². The maximum absolute atomic E-state index is 10.9. The number of nitrogens with zero attached hydrogens (tertiary/aromatic N) is 1. The van der Waals surface area contributed by atoms with Crippen LogP contribution in [0.2, 0.25) is 0 Å². The Morgan fingerprint density at radius 3 is 2.43 bits per heavy atom. The minimum atomic E-state index is -0.121. The monoisotopic (exact) mass is 413 g/mol. The van der Waals surface area contributed by atoms with Gasteiger partial charge in [0.1, 0.15) is 0 Å². The van der Waals surface area contributed by atoms with E-state index in [4.69, 9.17) is 0 Å². The van der Waals surface area contributed by atoms with Gasteiger partial charge in [-0.1, -0.05) is 26.2 Å². The highest BCUT2D eigenvalue weighted by molar-refractivity contribution is 14.0. The smallest absolute Gasteiger partial charge is 0.305 e. The molecule has 0 aliphatic carbocycles. The molecule has 0 heterocycles. The van der Waals surface area contributed by atoms with Gasteiger partial charge in [0.05, 0.1) is 7.11 Å². The molecule has 0 aromatic heterocycles. The zero-order valence-corrected chi connectivity index (χ0v) is 16.1. The number of ether oxygens (including phenoxy) is 1. The predicted molar refractivity (Wildman–Crippen MR) is 99.4 cm³/mol. The Morgan fingerprint density at radius 1 is 1.05 bits per heavy atom. The highest BCUT2D eigenvalue weighted by Gasteiger charge is 2.00. The lowest BCUT2D eigenvalue weighted by Gasteiger charge is -2.11. The van der Waals surface area contributed by atoms with Gasteiger partial charge in [-0.2, -0.15) is 0 Å². The molecule has 2 N–H and O–H groups in total. The van der Waals surface area contributed by atoms with Gasteiger partial charge in [0.2, 0.25) is 0 Å². The largest absolute Gasteiger partial charge is 0.469 e. The number of methoxy groups -OCH3 is 1. The molecule has 0 radical (unpaired) electrons. The Bertz CT molecular complexity index is 274. The summed E-state index contributed by atoms with van der Waals surface area (Å²) in [5.74, 6) is 0.778. The zero-order valence-electron chi connectivity index (χ0n) is 13.7. The maximum atomic E-state index is 10.9. The van der Waals surface area contributed by atoms with Gasteiger partial charge in [-0.05, 0) is 26.2 Å². The van der Waals surface area contributed by atoms with Crippen LogP contribution in [0, 0.1) is 0 Å². The van der Waals surface area contributed by atoms with Gasteiger partial charge in [-0.25, -0.2) is 0 Å². The molecular weight excluding hydrogens is 381 g/mol. The number of aliphatic imine (C=N–C) groups is 1. The molecule has 21 heavy (non-hydrogen) atoms. The molecule has 0 aliphatic rings. The third-order valence-corrected chi connectivity index (χ3v) is 2.95. The minimum Gasteiger partial charge on any atom is -0.469 e. The molecule has 6 heteroatoms. The highest BCUT2D eigenvalue weighted by Crippen LogP contribution is 2.00. The summed E-state index contributed by atoms with van der Waals surface area (Å²) in [7, 11) is 1.43. The molecule has 0 fully saturated rings. The summed E-state index contributed by atoms with van der Waals surface area (Å²) in [6, 6.07) is 0. The Hall–Kier alpha value is -0.530. The van der Waals surface area contributed by atoms with Crippen molar-refractivity contribution >= 4 is 35.9 Å². The van der Waals surface area contributed by atoms with E-state index in [9.17, 15) is 4.79 Å². The second-order valence-corrected chi connectivity index (χ2v) is 4.78. The van der Waals surface area contributed by atoms with Crippen molar-refractivity contribution in [3.63, 3.8) is 0 Å². The number of hydrogen-bond donors (Lipinski definition) is 2. The highest BCUT2D eigenvalue weighted by atomic mass is 127. The van der Waals surface area contributed by atoms with Gasteiger partial charge in [0.25, 0.3) is 0 Å². The van der Waals surface area contributed by atoms with Gasteiger partial charge >= 0.3 is 5.97 Å². The SMILES string of the molecule is CCCCCN=C(NCC)NCCCCCC(=O)OC.I. The fourth-order valence-electron chi connectivity index (χ4n) is 1.77. The Kier molecular flexibility index (Phi) is 19.0. The maximum Gasteiger partial charge on any atom is 0.305 e. The minimum absolute atomic E-state index is 0. The Balaban J connectivity index is 0. The quantitative estimate of drug-likeness (QED) is 0.180. The lowest BCUT2D eigenvalue weighted by molar-refractivity contribution is -0.140. The average Bonchev–Trinajstić information content (AvgIpc) is 2.46. The number of halogens is 1. The van der Waals surface area contributed by atoms with E-state index in [1.54, 1.807) is 0 Å². The second-order valence-electron chi connectivity index (χ2n) is 4.78. The number of hydrogen-bond acceptors (Lipinski definition) is 3. The molecule has 0 bridgehead atoms. The summed E-state index contributed by atoms with van der Waals surface area (Å²) in [6.07, 6.45) is 7.07. The van der Waals surface area contributed by atoms with Crippen LogP contribution < -0.4 is 10.6 Å². The van der Waals surface area contributed by atoms with E-state index in [2.05, 4.69) is 34.2 Å². The fraction of sp³-hybridized carbons (Fsp3) is 0.867. The molecule has 0 spiro atoms. The molecule has 0 aromatic carbocycles. The van der Waals surface area contributed by atoms with Crippen molar-refractivity contribution < 1.29 is 9.53 Å². The summed E-state index contributed by atoms with van der Waals surface area (Å²) in [6.45, 7) is 6.91. The molecular formula is C15H32IN3O2. The molecule has 0 aliphatic heterocycles. The second kappa shape index (κ2) is 17.5. The van der Waals surface area contributed by atoms with Gasteiger partial charge in [0, 0.05) is 26.1 Å². The summed E-state index contributed by atoms with van der Waals surface area (Å²) < 4.78 is 4.61. The van der Waals surface area contributed by atoms with Crippen molar-refractivity contribution in [3.8, 4) is 0 Å². The van der Waals surface area contributed by atoms with E-state index in [0.717, 1.165) is 51.3 Å². The van der Waals surface area contributed by atoms with Gasteiger partial charge in [-0.15, -0.1) is 24.0 Å². The first-order valence-corrected chi connectivity index (χ1v) is 7.83. The normalized spacial score (nSPS) is 10.7. The molecule has 5 nitrogen and oxygen atoms in total. The van der Waals surface area contributed by atoms with E-state index < -0.39 is 0 Å². The number of guanidine groups is 1. The van der Waals surface area contributed by atoms with E-state index in [1.165, 1.54) is 20.0 Å². The molecule has 0 unspecified atom stereocenters. The molecule has 0 amide bonds. The van der Waals surface area contributed by atoms with Crippen LogP contribution in [0.5, 0.6) is 0 Å². The lowest BCUT2D eigenvalue weighted by Crippen LogP contribution is -2.37. The Labute approximate surface area is 146 Å². The number of esters is 1. The number of rotatable bonds is 11. The summed E-state index contributed by atoms with van der Waals surface area (Å²) in [5.41, 5.74) is 0. The van der Waals surface area contributed by atoms with Crippen molar-refractivity contribution in [2.45, 2.75) is 58.8 Å². The van der Waals surface area contributed by atoms with Crippen LogP contribution in [-0.2, 0) is 9.53 Å². The first-order valence-electron chi connectivity index (χ1n) is 7.83. The number of nitrogens with one attached hydrogen (secondary N) is 2. The topological polar surface area (TPSA) is 62.7 Å². The van der Waals surface area contributed by atoms with Gasteiger partial charge in [-0.3, -0.25) is 9.79 Å². The van der Waals surface area contributed by atoms with E-state index in [-0.39, 0.29) is 29.9 Å². The van der Waals surface area contributed by atoms with Gasteiger partial charge in [0.15, 0.2) is 5.96 Å². The molecule has 0 aromatic rings.